The number of nitrogens with two attached hydrogens (primary N) is 2. The van der Waals surface area contributed by atoms with E-state index in [0.29, 0.717) is 0 Å². The van der Waals surface area contributed by atoms with E-state index in [2.05, 4.69) is 0 Å². The predicted octanol–water partition coefficient (Wildman–Crippen LogP) is -0.383. The van der Waals surface area contributed by atoms with Gasteiger partial charge in [-0.25, -0.2) is 4.79 Å². The fraction of sp³-hybridized carbons (Fsp3) is 0.400. The lowest BCUT2D eigenvalue weighted by atomic mass is 9.93. The van der Waals surface area contributed by atoms with Crippen LogP contribution in [0, 0.1) is 0 Å². The Hall–Kier alpha value is -2.41. The molecule has 1 aromatic carbocycles. The van der Waals surface area contributed by atoms with E-state index in [0.717, 1.165) is 11.1 Å². The van der Waals surface area contributed by atoms with Crippen molar-refractivity contribution in [1.82, 2.24) is 4.90 Å². The number of primary amides is 1. The highest BCUT2D eigenvalue weighted by Crippen LogP contribution is 2.24. The lowest BCUT2D eigenvalue weighted by Gasteiger charge is -2.35. The van der Waals surface area contributed by atoms with E-state index < -0.39 is 29.9 Å². The normalized spacial score (nSPS) is 18.4. The minimum atomic E-state index is -1.06. The van der Waals surface area contributed by atoms with E-state index in [1.165, 1.54) is 4.90 Å². The number of carboxylic acids is 1. The van der Waals surface area contributed by atoms with Gasteiger partial charge in [0.1, 0.15) is 6.04 Å². The molecule has 1 aromatic rings. The van der Waals surface area contributed by atoms with Crippen molar-refractivity contribution < 1.29 is 19.5 Å². The SMILES string of the molecule is NC(=O)CCC(N)C(=O)N1Cc2ccccc2CC1C(=O)O. The number of carbonyl (C=O) groups is 3. The van der Waals surface area contributed by atoms with Gasteiger partial charge in [0, 0.05) is 19.4 Å². The summed E-state index contributed by atoms with van der Waals surface area (Å²) >= 11 is 0. The molecule has 0 bridgehead atoms. The minimum absolute atomic E-state index is 0.00489. The first-order valence-electron chi connectivity index (χ1n) is 7.04. The summed E-state index contributed by atoms with van der Waals surface area (Å²) in [5.74, 6) is -2.07. The lowest BCUT2D eigenvalue weighted by molar-refractivity contribution is -0.152. The third-order valence-electron chi connectivity index (χ3n) is 3.84. The zero-order chi connectivity index (χ0) is 16.3. The van der Waals surface area contributed by atoms with Crippen LogP contribution in [0.2, 0.25) is 0 Å². The number of carbonyl (C=O) groups excluding carboxylic acids is 2. The first-order valence-corrected chi connectivity index (χ1v) is 7.04. The second-order valence-electron chi connectivity index (χ2n) is 5.40. The Bertz CT molecular complexity index is 602. The number of hydrogen-bond acceptors (Lipinski definition) is 4. The molecular weight excluding hydrogens is 286 g/mol. The van der Waals surface area contributed by atoms with Gasteiger partial charge in [-0.15, -0.1) is 0 Å². The number of nitrogens with zero attached hydrogens (tertiary/aromatic N) is 1. The van der Waals surface area contributed by atoms with Gasteiger partial charge in [-0.2, -0.15) is 0 Å². The van der Waals surface area contributed by atoms with Crippen LogP contribution >= 0.6 is 0 Å². The number of rotatable bonds is 5. The summed E-state index contributed by atoms with van der Waals surface area (Å²) in [7, 11) is 0. The van der Waals surface area contributed by atoms with Crippen molar-refractivity contribution in [3.63, 3.8) is 0 Å². The number of benzene rings is 1. The molecular formula is C15H19N3O4. The van der Waals surface area contributed by atoms with Crippen LogP contribution in [0.25, 0.3) is 0 Å². The number of amides is 2. The van der Waals surface area contributed by atoms with Gasteiger partial charge >= 0.3 is 5.97 Å². The zero-order valence-corrected chi connectivity index (χ0v) is 12.1. The van der Waals surface area contributed by atoms with Crippen molar-refractivity contribution in [1.29, 1.82) is 0 Å². The molecule has 118 valence electrons. The average molecular weight is 305 g/mol. The average Bonchev–Trinajstić information content (AvgIpc) is 2.50. The van der Waals surface area contributed by atoms with Crippen molar-refractivity contribution in [2.24, 2.45) is 11.5 Å². The molecule has 7 heteroatoms. The summed E-state index contributed by atoms with van der Waals surface area (Å²) in [5.41, 5.74) is 12.7. The lowest BCUT2D eigenvalue weighted by Crippen LogP contribution is -2.53. The van der Waals surface area contributed by atoms with Crippen LogP contribution in [0.15, 0.2) is 24.3 Å². The Morgan fingerprint density at radius 1 is 1.27 bits per heavy atom. The van der Waals surface area contributed by atoms with Crippen LogP contribution in [-0.4, -0.2) is 39.9 Å². The summed E-state index contributed by atoms with van der Waals surface area (Å²) in [4.78, 5) is 35.9. The van der Waals surface area contributed by atoms with E-state index in [9.17, 15) is 19.5 Å². The van der Waals surface area contributed by atoms with Gasteiger partial charge in [-0.3, -0.25) is 9.59 Å². The number of carboxylic acid groups (broad SMARTS) is 1. The van der Waals surface area contributed by atoms with E-state index in [1.54, 1.807) is 0 Å². The molecule has 2 amide bonds. The minimum Gasteiger partial charge on any atom is -0.480 e. The Kier molecular flexibility index (Phi) is 4.77. The van der Waals surface area contributed by atoms with Crippen molar-refractivity contribution in [2.45, 2.75) is 37.9 Å². The third kappa shape index (κ3) is 3.43. The van der Waals surface area contributed by atoms with Gasteiger partial charge in [0.05, 0.1) is 6.04 Å². The van der Waals surface area contributed by atoms with Gasteiger partial charge in [-0.05, 0) is 17.5 Å². The molecule has 0 radical (unpaired) electrons. The van der Waals surface area contributed by atoms with E-state index >= 15 is 0 Å². The molecule has 22 heavy (non-hydrogen) atoms. The maximum absolute atomic E-state index is 12.4. The molecule has 2 rings (SSSR count). The van der Waals surface area contributed by atoms with Crippen molar-refractivity contribution >= 4 is 17.8 Å². The van der Waals surface area contributed by atoms with Crippen LogP contribution in [-0.2, 0) is 27.3 Å². The smallest absolute Gasteiger partial charge is 0.326 e. The summed E-state index contributed by atoms with van der Waals surface area (Å²) in [6, 6.07) is 5.54. The predicted molar refractivity (Wildman–Crippen MR) is 78.5 cm³/mol. The highest BCUT2D eigenvalue weighted by atomic mass is 16.4. The molecule has 7 nitrogen and oxygen atoms in total. The summed E-state index contributed by atoms with van der Waals surface area (Å²) in [5, 5.41) is 9.37. The summed E-state index contributed by atoms with van der Waals surface area (Å²) < 4.78 is 0. The second-order valence-corrected chi connectivity index (χ2v) is 5.40. The van der Waals surface area contributed by atoms with Crippen molar-refractivity contribution in [3.05, 3.63) is 35.4 Å². The number of fused-ring (bicyclic) bond motifs is 1. The topological polar surface area (TPSA) is 127 Å². The fourth-order valence-corrected chi connectivity index (χ4v) is 2.61. The van der Waals surface area contributed by atoms with E-state index in [4.69, 9.17) is 11.5 Å². The fourth-order valence-electron chi connectivity index (χ4n) is 2.61. The molecule has 0 spiro atoms. The molecule has 1 heterocycles. The first kappa shape index (κ1) is 16.0. The van der Waals surface area contributed by atoms with Crippen molar-refractivity contribution in [3.8, 4) is 0 Å². The summed E-state index contributed by atoms with van der Waals surface area (Å²) in [6.45, 7) is 0.205. The maximum atomic E-state index is 12.4. The van der Waals surface area contributed by atoms with Crippen LogP contribution in [0.3, 0.4) is 0 Å². The van der Waals surface area contributed by atoms with Gasteiger partial charge < -0.3 is 21.5 Å². The number of aliphatic carboxylic acids is 1. The maximum Gasteiger partial charge on any atom is 0.326 e. The monoisotopic (exact) mass is 305 g/mol. The zero-order valence-electron chi connectivity index (χ0n) is 12.1. The molecule has 5 N–H and O–H groups in total. The largest absolute Gasteiger partial charge is 0.480 e. The van der Waals surface area contributed by atoms with Crippen molar-refractivity contribution in [2.75, 3.05) is 0 Å². The Labute approximate surface area is 127 Å². The molecule has 0 fully saturated rings. The van der Waals surface area contributed by atoms with Gasteiger partial charge in [0.15, 0.2) is 0 Å². The van der Waals surface area contributed by atoms with E-state index in [-0.39, 0.29) is 25.8 Å². The summed E-state index contributed by atoms with van der Waals surface area (Å²) in [6.07, 6.45) is 0.355. The third-order valence-corrected chi connectivity index (χ3v) is 3.84. The van der Waals surface area contributed by atoms with Crippen LogP contribution < -0.4 is 11.5 Å². The van der Waals surface area contributed by atoms with Crippen LogP contribution in [0.4, 0.5) is 0 Å². The quantitative estimate of drug-likeness (QED) is 0.683. The Morgan fingerprint density at radius 2 is 1.91 bits per heavy atom. The van der Waals surface area contributed by atoms with Gasteiger partial charge in [0.25, 0.3) is 0 Å². The molecule has 2 atom stereocenters. The van der Waals surface area contributed by atoms with Crippen LogP contribution in [0.5, 0.6) is 0 Å². The Balaban J connectivity index is 2.18. The standard InChI is InChI=1S/C15H19N3O4/c16-11(5-6-13(17)19)14(20)18-8-10-4-2-1-3-9(10)7-12(18)15(21)22/h1-4,11-12H,5-8,16H2,(H2,17,19)(H,21,22). The molecule has 0 aromatic heterocycles. The molecule has 1 aliphatic rings. The van der Waals surface area contributed by atoms with Gasteiger partial charge in [-0.1, -0.05) is 24.3 Å². The molecule has 0 saturated heterocycles. The molecule has 2 unspecified atom stereocenters. The highest BCUT2D eigenvalue weighted by Gasteiger charge is 2.36. The molecule has 0 saturated carbocycles. The Morgan fingerprint density at radius 3 is 2.50 bits per heavy atom. The number of hydrogen-bond donors (Lipinski definition) is 3. The first-order chi connectivity index (χ1) is 10.4. The van der Waals surface area contributed by atoms with Gasteiger partial charge in [0.2, 0.25) is 11.8 Å². The van der Waals surface area contributed by atoms with Crippen LogP contribution in [0.1, 0.15) is 24.0 Å². The second kappa shape index (κ2) is 6.57. The molecule has 1 aliphatic heterocycles. The van der Waals surface area contributed by atoms with E-state index in [1.807, 2.05) is 24.3 Å². The highest BCUT2D eigenvalue weighted by molar-refractivity contribution is 5.88. The molecule has 0 aliphatic carbocycles.